The van der Waals surface area contributed by atoms with Crippen molar-refractivity contribution in [1.82, 2.24) is 0 Å². The molecule has 0 bridgehead atoms. The third kappa shape index (κ3) is 3.64. The van der Waals surface area contributed by atoms with Crippen LogP contribution in [0.15, 0.2) is 60.5 Å². The Kier molecular flexibility index (Phi) is 5.15. The minimum absolute atomic E-state index is 0.444. The van der Waals surface area contributed by atoms with E-state index in [2.05, 4.69) is 6.58 Å². The number of carboxylic acids is 1. The van der Waals surface area contributed by atoms with Gasteiger partial charge in [0.15, 0.2) is 0 Å². The molecule has 1 aromatic carbocycles. The second-order valence-corrected chi connectivity index (χ2v) is 7.51. The fraction of sp³-hybridized carbons (Fsp3) is 0.182. The third-order valence-electron chi connectivity index (χ3n) is 4.94. The summed E-state index contributed by atoms with van der Waals surface area (Å²) < 4.78 is 0. The predicted octanol–water partition coefficient (Wildman–Crippen LogP) is 4.64. The van der Waals surface area contributed by atoms with E-state index >= 15 is 0 Å². The molecule has 1 fully saturated rings. The van der Waals surface area contributed by atoms with Crippen molar-refractivity contribution in [2.75, 3.05) is 0 Å². The predicted molar refractivity (Wildman–Crippen MR) is 110 cm³/mol. The molecule has 1 aliphatic carbocycles. The summed E-state index contributed by atoms with van der Waals surface area (Å²) in [7, 11) is 0. The molecule has 5 heteroatoms. The molecule has 0 saturated heterocycles. The topological polar surface area (TPSA) is 80.4 Å². The van der Waals surface area contributed by atoms with E-state index < -0.39 is 17.3 Å². The first kappa shape index (κ1) is 18.9. The molecule has 1 amide bonds. The largest absolute Gasteiger partial charge is 0.481 e. The summed E-state index contributed by atoms with van der Waals surface area (Å²) in [5, 5.41) is 11.2. The second kappa shape index (κ2) is 7.37. The highest BCUT2D eigenvalue weighted by Crippen LogP contribution is 2.48. The summed E-state index contributed by atoms with van der Waals surface area (Å²) in [4.78, 5) is 23.8. The molecule has 0 atom stereocenters. The molecule has 4 nitrogen and oxygen atoms in total. The van der Waals surface area contributed by atoms with Crippen LogP contribution in [0.5, 0.6) is 0 Å². The van der Waals surface area contributed by atoms with Gasteiger partial charge in [0.2, 0.25) is 5.91 Å². The van der Waals surface area contributed by atoms with Crippen molar-refractivity contribution in [1.29, 1.82) is 0 Å². The SMILES string of the molecule is C=C(/C=C\C(=C/C)c1sccc1C(N)=O)c1ccc(C2(C(=O)O)CC2)cc1. The van der Waals surface area contributed by atoms with Crippen LogP contribution in [0.1, 0.15) is 46.1 Å². The maximum atomic E-state index is 11.5. The van der Waals surface area contributed by atoms with Gasteiger partial charge in [-0.1, -0.05) is 49.1 Å². The van der Waals surface area contributed by atoms with Gasteiger partial charge in [-0.15, -0.1) is 11.3 Å². The average Bonchev–Trinajstić information content (AvgIpc) is 3.33. The molecule has 3 rings (SSSR count). The Morgan fingerprint density at radius 2 is 1.85 bits per heavy atom. The number of aliphatic carboxylic acids is 1. The molecule has 1 heterocycles. The summed E-state index contributed by atoms with van der Waals surface area (Å²) in [5.41, 5.74) is 8.72. The Hall–Kier alpha value is -2.92. The molecule has 2 aromatic rings. The minimum Gasteiger partial charge on any atom is -0.481 e. The first-order valence-electron chi connectivity index (χ1n) is 8.64. The molecular formula is C22H21NO3S. The maximum Gasteiger partial charge on any atom is 0.314 e. The minimum atomic E-state index is -0.757. The summed E-state index contributed by atoms with van der Waals surface area (Å²) in [5.74, 6) is -1.20. The Morgan fingerprint density at radius 1 is 1.19 bits per heavy atom. The highest BCUT2D eigenvalue weighted by Gasteiger charge is 2.51. The molecule has 0 spiro atoms. The first-order chi connectivity index (χ1) is 12.9. The van der Waals surface area contributed by atoms with Gasteiger partial charge in [0.05, 0.1) is 11.0 Å². The van der Waals surface area contributed by atoms with E-state index in [-0.39, 0.29) is 0 Å². The smallest absolute Gasteiger partial charge is 0.314 e. The van der Waals surface area contributed by atoms with Crippen molar-refractivity contribution in [3.63, 3.8) is 0 Å². The number of benzene rings is 1. The molecule has 1 aliphatic rings. The molecule has 27 heavy (non-hydrogen) atoms. The number of carboxylic acid groups (broad SMARTS) is 1. The van der Waals surface area contributed by atoms with Crippen molar-refractivity contribution in [2.45, 2.75) is 25.2 Å². The highest BCUT2D eigenvalue weighted by molar-refractivity contribution is 7.11. The van der Waals surface area contributed by atoms with E-state index in [1.807, 2.05) is 54.8 Å². The lowest BCUT2D eigenvalue weighted by molar-refractivity contribution is -0.140. The van der Waals surface area contributed by atoms with Crippen molar-refractivity contribution in [3.8, 4) is 0 Å². The zero-order valence-corrected chi connectivity index (χ0v) is 15.9. The van der Waals surface area contributed by atoms with E-state index in [0.29, 0.717) is 18.4 Å². The number of hydrogen-bond acceptors (Lipinski definition) is 3. The molecule has 138 valence electrons. The normalized spacial score (nSPS) is 15.7. The Labute approximate surface area is 162 Å². The Bertz CT molecular complexity index is 960. The van der Waals surface area contributed by atoms with E-state index in [1.165, 1.54) is 11.3 Å². The van der Waals surface area contributed by atoms with Crippen LogP contribution in [0.4, 0.5) is 0 Å². The van der Waals surface area contributed by atoms with E-state index in [0.717, 1.165) is 27.2 Å². The van der Waals surface area contributed by atoms with Gasteiger partial charge in [-0.2, -0.15) is 0 Å². The van der Waals surface area contributed by atoms with Crippen LogP contribution in [-0.4, -0.2) is 17.0 Å². The number of amides is 1. The fourth-order valence-electron chi connectivity index (χ4n) is 3.07. The third-order valence-corrected chi connectivity index (χ3v) is 5.90. The lowest BCUT2D eigenvalue weighted by atomic mass is 9.94. The maximum absolute atomic E-state index is 11.5. The van der Waals surface area contributed by atoms with Crippen molar-refractivity contribution < 1.29 is 14.7 Å². The molecule has 0 radical (unpaired) electrons. The van der Waals surface area contributed by atoms with Crippen LogP contribution in [0.25, 0.3) is 11.1 Å². The van der Waals surface area contributed by atoms with E-state index in [9.17, 15) is 14.7 Å². The zero-order chi connectivity index (χ0) is 19.6. The Balaban J connectivity index is 1.77. The quantitative estimate of drug-likeness (QED) is 0.688. The number of carbonyl (C=O) groups excluding carboxylic acids is 1. The molecular weight excluding hydrogens is 358 g/mol. The highest BCUT2D eigenvalue weighted by atomic mass is 32.1. The number of carbonyl (C=O) groups is 2. The summed E-state index contributed by atoms with van der Waals surface area (Å²) in [6.45, 7) is 6.00. The van der Waals surface area contributed by atoms with Gasteiger partial charge < -0.3 is 10.8 Å². The van der Waals surface area contributed by atoms with Gasteiger partial charge in [0.25, 0.3) is 0 Å². The number of rotatable bonds is 7. The van der Waals surface area contributed by atoms with E-state index in [1.54, 1.807) is 6.07 Å². The van der Waals surface area contributed by atoms with Gasteiger partial charge in [0.1, 0.15) is 0 Å². The van der Waals surface area contributed by atoms with Gasteiger partial charge in [0, 0.05) is 4.88 Å². The Morgan fingerprint density at radius 3 is 2.37 bits per heavy atom. The van der Waals surface area contributed by atoms with Crippen LogP contribution >= 0.6 is 11.3 Å². The van der Waals surface area contributed by atoms with Crippen molar-refractivity contribution >= 4 is 34.4 Å². The van der Waals surface area contributed by atoms with Crippen molar-refractivity contribution in [2.24, 2.45) is 5.73 Å². The van der Waals surface area contributed by atoms with Crippen LogP contribution in [-0.2, 0) is 10.2 Å². The van der Waals surface area contributed by atoms with Gasteiger partial charge in [-0.05, 0) is 53.5 Å². The monoisotopic (exact) mass is 379 g/mol. The summed E-state index contributed by atoms with van der Waals surface area (Å²) in [6.07, 6.45) is 7.11. The average molecular weight is 379 g/mol. The first-order valence-corrected chi connectivity index (χ1v) is 9.52. The molecule has 3 N–H and O–H groups in total. The number of allylic oxidation sites excluding steroid dienone is 5. The number of nitrogens with two attached hydrogens (primary N) is 1. The number of primary amides is 1. The lowest BCUT2D eigenvalue weighted by Crippen LogP contribution is -2.19. The van der Waals surface area contributed by atoms with Gasteiger partial charge in [-0.3, -0.25) is 9.59 Å². The summed E-state index contributed by atoms with van der Waals surface area (Å²) in [6, 6.07) is 9.27. The fourth-order valence-corrected chi connectivity index (χ4v) is 4.03. The van der Waals surface area contributed by atoms with Gasteiger partial charge >= 0.3 is 5.97 Å². The molecule has 1 saturated carbocycles. The summed E-state index contributed by atoms with van der Waals surface area (Å²) >= 11 is 1.47. The zero-order valence-electron chi connectivity index (χ0n) is 15.1. The number of thiophene rings is 1. The molecule has 1 aromatic heterocycles. The van der Waals surface area contributed by atoms with E-state index in [4.69, 9.17) is 5.73 Å². The van der Waals surface area contributed by atoms with Crippen LogP contribution in [0.2, 0.25) is 0 Å². The molecule has 0 unspecified atom stereocenters. The van der Waals surface area contributed by atoms with Gasteiger partial charge in [-0.25, -0.2) is 0 Å². The second-order valence-electron chi connectivity index (χ2n) is 6.59. The van der Waals surface area contributed by atoms with Crippen molar-refractivity contribution in [3.05, 3.63) is 82.1 Å². The standard InChI is InChI=1S/C22H21NO3S/c1-3-15(19-18(20(23)24)10-13-27-19)5-4-14(2)16-6-8-17(9-7-16)22(11-12-22)21(25)26/h3-10,13H,2,11-12H2,1H3,(H2,23,24)(H,25,26)/b5-4-,15-3+. The van der Waals surface area contributed by atoms with Crippen LogP contribution in [0, 0.1) is 0 Å². The van der Waals surface area contributed by atoms with Crippen LogP contribution < -0.4 is 5.73 Å². The number of hydrogen-bond donors (Lipinski definition) is 2. The lowest BCUT2D eigenvalue weighted by Gasteiger charge is -2.11. The molecule has 0 aliphatic heterocycles. The van der Waals surface area contributed by atoms with Crippen LogP contribution in [0.3, 0.4) is 0 Å².